The fourth-order valence-corrected chi connectivity index (χ4v) is 6.10. The van der Waals surface area contributed by atoms with Gasteiger partial charge in [-0.2, -0.15) is 0 Å². The van der Waals surface area contributed by atoms with Crippen molar-refractivity contribution < 1.29 is 8.42 Å². The van der Waals surface area contributed by atoms with E-state index in [0.717, 1.165) is 42.7 Å². The van der Waals surface area contributed by atoms with Gasteiger partial charge in [0.15, 0.2) is 0 Å². The number of piperidine rings is 1. The van der Waals surface area contributed by atoms with Crippen LogP contribution < -0.4 is 10.9 Å². The maximum Gasteiger partial charge on any atom is 0.216 e. The monoisotopic (exact) mass is 369 g/mol. The number of benzene rings is 1. The third kappa shape index (κ3) is 3.22. The lowest BCUT2D eigenvalue weighted by Crippen LogP contribution is -2.45. The van der Waals surface area contributed by atoms with Crippen LogP contribution in [0.3, 0.4) is 0 Å². The summed E-state index contributed by atoms with van der Waals surface area (Å²) in [6.07, 6.45) is 4.54. The van der Waals surface area contributed by atoms with Gasteiger partial charge in [0, 0.05) is 30.2 Å². The van der Waals surface area contributed by atoms with Gasteiger partial charge >= 0.3 is 0 Å². The van der Waals surface area contributed by atoms with Crippen LogP contribution in [0.1, 0.15) is 43.7 Å². The van der Waals surface area contributed by atoms with Gasteiger partial charge in [-0.1, -0.05) is 29.8 Å². The molecule has 2 saturated heterocycles. The van der Waals surface area contributed by atoms with E-state index in [4.69, 9.17) is 11.6 Å². The summed E-state index contributed by atoms with van der Waals surface area (Å²) in [5, 5.41) is 0.702. The summed E-state index contributed by atoms with van der Waals surface area (Å²) in [6.45, 7) is 1.33. The molecule has 2 aliphatic heterocycles. The van der Waals surface area contributed by atoms with Crippen LogP contribution in [0, 0.1) is 5.92 Å². The van der Waals surface area contributed by atoms with Gasteiger partial charge in [0.05, 0.1) is 5.25 Å². The number of halogens is 1. The zero-order valence-corrected chi connectivity index (χ0v) is 15.2. The molecular weight excluding hydrogens is 346 g/mol. The predicted molar refractivity (Wildman–Crippen MR) is 95.1 cm³/mol. The minimum Gasteiger partial charge on any atom is -0.254 e. The molecule has 2 heterocycles. The first-order valence-corrected chi connectivity index (χ1v) is 10.7. The third-order valence-corrected chi connectivity index (χ3v) is 8.33. The number of nitrogens with zero attached hydrogens (tertiary/aromatic N) is 1. The average Bonchev–Trinajstić information content (AvgIpc) is 3.35. The number of sulfonamides is 1. The Bertz CT molecular complexity index is 700. The quantitative estimate of drug-likeness (QED) is 0.855. The molecule has 0 radical (unpaired) electrons. The first-order chi connectivity index (χ1) is 11.6. The highest BCUT2D eigenvalue weighted by atomic mass is 35.5. The second-order valence-corrected chi connectivity index (χ2v) is 9.81. The van der Waals surface area contributed by atoms with Crippen LogP contribution in [0.4, 0.5) is 0 Å². The standard InChI is InChI=1S/C17H24ClN3O2S/c18-15-4-2-1-3-14(15)17-11-16(19-20-17)12-7-9-21(10-8-12)24(22,23)13-5-6-13/h1-4,12-13,16-17,19-20H,5-11H2. The molecule has 4 rings (SSSR count). The van der Waals surface area contributed by atoms with Crippen molar-refractivity contribution in [1.82, 2.24) is 15.2 Å². The highest BCUT2D eigenvalue weighted by molar-refractivity contribution is 7.90. The minimum atomic E-state index is -3.02. The topological polar surface area (TPSA) is 61.4 Å². The van der Waals surface area contributed by atoms with E-state index >= 15 is 0 Å². The van der Waals surface area contributed by atoms with Gasteiger partial charge in [-0.15, -0.1) is 0 Å². The summed E-state index contributed by atoms with van der Waals surface area (Å²) in [5.41, 5.74) is 7.91. The highest BCUT2D eigenvalue weighted by Crippen LogP contribution is 2.36. The summed E-state index contributed by atoms with van der Waals surface area (Å²) in [4.78, 5) is 0. The molecule has 3 fully saturated rings. The predicted octanol–water partition coefficient (Wildman–Crippen LogP) is 2.45. The van der Waals surface area contributed by atoms with E-state index in [-0.39, 0.29) is 11.3 Å². The molecule has 7 heteroatoms. The second-order valence-electron chi connectivity index (χ2n) is 7.19. The molecule has 2 atom stereocenters. The number of nitrogens with one attached hydrogen (secondary N) is 2. The molecule has 0 aromatic heterocycles. The lowest BCUT2D eigenvalue weighted by molar-refractivity contribution is 0.230. The smallest absolute Gasteiger partial charge is 0.216 e. The summed E-state index contributed by atoms with van der Waals surface area (Å²) in [6, 6.07) is 8.54. The fraction of sp³-hybridized carbons (Fsp3) is 0.647. The molecule has 3 aliphatic rings. The Hall–Kier alpha value is -0.660. The number of hydrogen-bond acceptors (Lipinski definition) is 4. The summed E-state index contributed by atoms with van der Waals surface area (Å²) in [5.74, 6) is 0.510. The van der Waals surface area contributed by atoms with Crippen LogP contribution in [0.25, 0.3) is 0 Å². The van der Waals surface area contributed by atoms with Crippen LogP contribution in [0.15, 0.2) is 24.3 Å². The van der Waals surface area contributed by atoms with Crippen LogP contribution in [0.5, 0.6) is 0 Å². The second kappa shape index (κ2) is 6.57. The Balaban J connectivity index is 1.35. The zero-order valence-electron chi connectivity index (χ0n) is 13.6. The molecule has 1 aromatic rings. The van der Waals surface area contributed by atoms with Gasteiger partial charge in [-0.3, -0.25) is 5.43 Å². The molecule has 2 unspecified atom stereocenters. The van der Waals surface area contributed by atoms with Crippen molar-refractivity contribution in [2.75, 3.05) is 13.1 Å². The van der Waals surface area contributed by atoms with Crippen molar-refractivity contribution in [1.29, 1.82) is 0 Å². The minimum absolute atomic E-state index is 0.0927. The summed E-state index contributed by atoms with van der Waals surface area (Å²) in [7, 11) is -3.02. The van der Waals surface area contributed by atoms with Gasteiger partial charge in [0.25, 0.3) is 0 Å². The van der Waals surface area contributed by atoms with Crippen LogP contribution in [0.2, 0.25) is 5.02 Å². The number of rotatable bonds is 4. The summed E-state index contributed by atoms with van der Waals surface area (Å²) >= 11 is 6.30. The fourth-order valence-electron chi connectivity index (χ4n) is 3.96. The Morgan fingerprint density at radius 1 is 1.04 bits per heavy atom. The van der Waals surface area contributed by atoms with E-state index < -0.39 is 10.0 Å². The van der Waals surface area contributed by atoms with E-state index in [2.05, 4.69) is 16.9 Å². The van der Waals surface area contributed by atoms with Gasteiger partial charge in [0.1, 0.15) is 0 Å². The third-order valence-electron chi connectivity index (χ3n) is 5.59. The molecule has 5 nitrogen and oxygen atoms in total. The molecule has 132 valence electrons. The van der Waals surface area contributed by atoms with Crippen molar-refractivity contribution in [3.63, 3.8) is 0 Å². The molecule has 0 bridgehead atoms. The Kier molecular flexibility index (Phi) is 4.60. The zero-order chi connectivity index (χ0) is 16.7. The van der Waals surface area contributed by atoms with Crippen molar-refractivity contribution in [3.05, 3.63) is 34.9 Å². The molecule has 0 amide bonds. The van der Waals surface area contributed by atoms with E-state index in [1.165, 1.54) is 0 Å². The van der Waals surface area contributed by atoms with E-state index in [0.29, 0.717) is 25.0 Å². The van der Waals surface area contributed by atoms with Crippen molar-refractivity contribution in [2.24, 2.45) is 5.92 Å². The maximum absolute atomic E-state index is 12.3. The normalized spacial score (nSPS) is 29.9. The molecule has 0 spiro atoms. The molecule has 2 N–H and O–H groups in total. The van der Waals surface area contributed by atoms with Crippen LogP contribution in [-0.4, -0.2) is 37.1 Å². The van der Waals surface area contributed by atoms with Gasteiger partial charge in [0.2, 0.25) is 10.0 Å². The van der Waals surface area contributed by atoms with E-state index in [1.807, 2.05) is 18.2 Å². The molecule has 24 heavy (non-hydrogen) atoms. The summed E-state index contributed by atoms with van der Waals surface area (Å²) < 4.78 is 26.4. The van der Waals surface area contributed by atoms with Crippen LogP contribution >= 0.6 is 11.6 Å². The van der Waals surface area contributed by atoms with E-state index in [1.54, 1.807) is 4.31 Å². The number of hydrogen-bond donors (Lipinski definition) is 2. The molecule has 1 aromatic carbocycles. The van der Waals surface area contributed by atoms with Gasteiger partial charge < -0.3 is 0 Å². The SMILES string of the molecule is O=S(=O)(C1CC1)N1CCC(C2CC(c3ccccc3Cl)NN2)CC1. The van der Waals surface area contributed by atoms with Crippen molar-refractivity contribution in [3.8, 4) is 0 Å². The maximum atomic E-state index is 12.3. The lowest BCUT2D eigenvalue weighted by atomic mass is 9.87. The highest BCUT2D eigenvalue weighted by Gasteiger charge is 2.42. The first-order valence-electron chi connectivity index (χ1n) is 8.80. The lowest BCUT2D eigenvalue weighted by Gasteiger charge is -2.34. The van der Waals surface area contributed by atoms with Gasteiger partial charge in [-0.25, -0.2) is 18.1 Å². The molecule has 1 saturated carbocycles. The van der Waals surface area contributed by atoms with Crippen molar-refractivity contribution >= 4 is 21.6 Å². The number of hydrazine groups is 1. The average molecular weight is 370 g/mol. The van der Waals surface area contributed by atoms with Crippen molar-refractivity contribution in [2.45, 2.75) is 49.4 Å². The van der Waals surface area contributed by atoms with E-state index in [9.17, 15) is 8.42 Å². The molecule has 1 aliphatic carbocycles. The Morgan fingerprint density at radius 2 is 1.75 bits per heavy atom. The largest absolute Gasteiger partial charge is 0.254 e. The Morgan fingerprint density at radius 3 is 2.42 bits per heavy atom. The Labute approximate surface area is 148 Å². The molecular formula is C17H24ClN3O2S. The first kappa shape index (κ1) is 16.8. The van der Waals surface area contributed by atoms with Gasteiger partial charge in [-0.05, 0) is 49.7 Å². The van der Waals surface area contributed by atoms with Crippen LogP contribution in [-0.2, 0) is 10.0 Å².